The number of hydrogen-bond acceptors (Lipinski definition) is 4. The van der Waals surface area contributed by atoms with Crippen LogP contribution in [0.15, 0.2) is 16.9 Å². The third-order valence-corrected chi connectivity index (χ3v) is 2.75. The highest BCUT2D eigenvalue weighted by Crippen LogP contribution is 2.19. The number of halogens is 1. The molecule has 0 aliphatic carbocycles. The Morgan fingerprint density at radius 1 is 1.35 bits per heavy atom. The first-order chi connectivity index (χ1) is 8.11. The van der Waals surface area contributed by atoms with Crippen LogP contribution in [0.1, 0.15) is 18.3 Å². The van der Waals surface area contributed by atoms with Gasteiger partial charge in [0, 0.05) is 18.3 Å². The molecule has 0 spiro atoms. The van der Waals surface area contributed by atoms with E-state index in [4.69, 9.17) is 0 Å². The lowest BCUT2D eigenvalue weighted by atomic mass is 10.3. The smallest absolute Gasteiger partial charge is 0.162 e. The molecule has 6 heteroatoms. The molecule has 0 saturated heterocycles. The zero-order valence-corrected chi connectivity index (χ0v) is 11.6. The normalized spacial score (nSPS) is 10.6. The maximum atomic E-state index is 4.43. The molecule has 1 N–H and O–H groups in total. The fourth-order valence-corrected chi connectivity index (χ4v) is 1.88. The van der Waals surface area contributed by atoms with E-state index >= 15 is 0 Å². The number of rotatable bonds is 3. The summed E-state index contributed by atoms with van der Waals surface area (Å²) in [5.74, 6) is 2.40. The summed E-state index contributed by atoms with van der Waals surface area (Å²) >= 11 is 3.38. The fraction of sp³-hybridized carbons (Fsp3) is 0.364. The summed E-state index contributed by atoms with van der Waals surface area (Å²) in [6.45, 7) is 6.74. The molecule has 0 aliphatic rings. The van der Waals surface area contributed by atoms with Gasteiger partial charge in [-0.05, 0) is 36.7 Å². The van der Waals surface area contributed by atoms with Crippen LogP contribution in [0, 0.1) is 13.8 Å². The van der Waals surface area contributed by atoms with Gasteiger partial charge in [-0.3, -0.25) is 0 Å². The Morgan fingerprint density at radius 2 is 2.12 bits per heavy atom. The minimum absolute atomic E-state index is 0.730. The molecule has 0 unspecified atom stereocenters. The maximum absolute atomic E-state index is 4.43. The van der Waals surface area contributed by atoms with Crippen LogP contribution in [-0.2, 0) is 0 Å². The van der Waals surface area contributed by atoms with E-state index in [1.54, 1.807) is 10.9 Å². The van der Waals surface area contributed by atoms with Crippen molar-refractivity contribution in [2.75, 3.05) is 11.9 Å². The van der Waals surface area contributed by atoms with E-state index in [9.17, 15) is 0 Å². The molecule has 90 valence electrons. The van der Waals surface area contributed by atoms with Gasteiger partial charge in [-0.25, -0.2) is 14.6 Å². The number of aromatic nitrogens is 4. The van der Waals surface area contributed by atoms with Gasteiger partial charge in [0.15, 0.2) is 5.82 Å². The summed E-state index contributed by atoms with van der Waals surface area (Å²) in [6.07, 6.45) is 3.62. The van der Waals surface area contributed by atoms with Crippen LogP contribution in [0.4, 0.5) is 5.82 Å². The van der Waals surface area contributed by atoms with Gasteiger partial charge in [-0.15, -0.1) is 0 Å². The Balaban J connectivity index is 2.53. The first kappa shape index (κ1) is 12.0. The number of nitrogens with zero attached hydrogens (tertiary/aromatic N) is 4. The second-order valence-corrected chi connectivity index (χ2v) is 4.62. The molecule has 0 aromatic carbocycles. The molecule has 17 heavy (non-hydrogen) atoms. The molecule has 0 bridgehead atoms. The monoisotopic (exact) mass is 295 g/mol. The van der Waals surface area contributed by atoms with Gasteiger partial charge in [0.05, 0.1) is 10.7 Å². The molecule has 0 radical (unpaired) electrons. The van der Waals surface area contributed by atoms with Crippen molar-refractivity contribution in [2.24, 2.45) is 0 Å². The van der Waals surface area contributed by atoms with Crippen molar-refractivity contribution < 1.29 is 0 Å². The highest BCUT2D eigenvalue weighted by Gasteiger charge is 2.11. The molecular weight excluding hydrogens is 282 g/mol. The molecule has 0 atom stereocenters. The summed E-state index contributed by atoms with van der Waals surface area (Å²) in [7, 11) is 0. The summed E-state index contributed by atoms with van der Waals surface area (Å²) in [5, 5.41) is 7.47. The standard InChI is InChI=1S/C11H14BrN5/c1-4-13-10-7(2)11(16-8(3)15-10)17-6-9(12)5-14-17/h5-6H,4H2,1-3H3,(H,13,15,16). The summed E-state index contributed by atoms with van der Waals surface area (Å²) < 4.78 is 2.67. The molecule has 2 aromatic rings. The Hall–Kier alpha value is -1.43. The molecule has 2 heterocycles. The van der Waals surface area contributed by atoms with Crippen molar-refractivity contribution in [3.63, 3.8) is 0 Å². The molecule has 2 rings (SSSR count). The SMILES string of the molecule is CCNc1nc(C)nc(-n2cc(Br)cn2)c1C. The minimum atomic E-state index is 0.730. The molecule has 0 saturated carbocycles. The highest BCUT2D eigenvalue weighted by atomic mass is 79.9. The van der Waals surface area contributed by atoms with Crippen LogP contribution < -0.4 is 5.32 Å². The molecule has 0 fully saturated rings. The van der Waals surface area contributed by atoms with Crippen molar-refractivity contribution in [3.05, 3.63) is 28.3 Å². The van der Waals surface area contributed by atoms with Crippen LogP contribution in [0.3, 0.4) is 0 Å². The van der Waals surface area contributed by atoms with Crippen LogP contribution in [0.2, 0.25) is 0 Å². The van der Waals surface area contributed by atoms with Crippen LogP contribution in [0.5, 0.6) is 0 Å². The third kappa shape index (κ3) is 2.46. The van der Waals surface area contributed by atoms with Gasteiger partial charge in [0.25, 0.3) is 0 Å². The summed E-state index contributed by atoms with van der Waals surface area (Å²) in [4.78, 5) is 8.81. The van der Waals surface area contributed by atoms with E-state index in [1.165, 1.54) is 0 Å². The van der Waals surface area contributed by atoms with Crippen LogP contribution >= 0.6 is 15.9 Å². The zero-order chi connectivity index (χ0) is 12.4. The predicted octanol–water partition coefficient (Wildman–Crippen LogP) is 2.47. The summed E-state index contributed by atoms with van der Waals surface area (Å²) in [5.41, 5.74) is 0.994. The van der Waals surface area contributed by atoms with E-state index < -0.39 is 0 Å². The Kier molecular flexibility index (Phi) is 3.42. The summed E-state index contributed by atoms with van der Waals surface area (Å²) in [6, 6.07) is 0. The Bertz CT molecular complexity index is 535. The van der Waals surface area contributed by atoms with Crippen molar-refractivity contribution in [3.8, 4) is 5.82 Å². The zero-order valence-electron chi connectivity index (χ0n) is 10.0. The van der Waals surface area contributed by atoms with Gasteiger partial charge >= 0.3 is 0 Å². The third-order valence-electron chi connectivity index (χ3n) is 2.34. The second-order valence-electron chi connectivity index (χ2n) is 3.70. The van der Waals surface area contributed by atoms with Gasteiger partial charge in [-0.1, -0.05) is 0 Å². The lowest BCUT2D eigenvalue weighted by molar-refractivity contribution is 0.817. The first-order valence-corrected chi connectivity index (χ1v) is 6.20. The molecule has 5 nitrogen and oxygen atoms in total. The highest BCUT2D eigenvalue weighted by molar-refractivity contribution is 9.10. The molecule has 0 aliphatic heterocycles. The van der Waals surface area contributed by atoms with Crippen molar-refractivity contribution in [1.82, 2.24) is 19.7 Å². The van der Waals surface area contributed by atoms with E-state index in [-0.39, 0.29) is 0 Å². The number of aryl methyl sites for hydroxylation is 1. The van der Waals surface area contributed by atoms with E-state index in [1.807, 2.05) is 27.0 Å². The predicted molar refractivity (Wildman–Crippen MR) is 70.5 cm³/mol. The van der Waals surface area contributed by atoms with E-state index in [0.717, 1.165) is 34.0 Å². The molecular formula is C11H14BrN5. The molecule has 0 amide bonds. The van der Waals surface area contributed by atoms with Crippen LogP contribution in [0.25, 0.3) is 5.82 Å². The van der Waals surface area contributed by atoms with Gasteiger partial charge in [0.2, 0.25) is 0 Å². The number of anilines is 1. The van der Waals surface area contributed by atoms with Gasteiger partial charge in [0.1, 0.15) is 11.6 Å². The Labute approximate surface area is 108 Å². The quantitative estimate of drug-likeness (QED) is 0.945. The van der Waals surface area contributed by atoms with Crippen molar-refractivity contribution in [2.45, 2.75) is 20.8 Å². The number of nitrogens with one attached hydrogen (secondary N) is 1. The maximum Gasteiger partial charge on any atom is 0.162 e. The van der Waals surface area contributed by atoms with Gasteiger partial charge < -0.3 is 5.32 Å². The number of hydrogen-bond donors (Lipinski definition) is 1. The largest absolute Gasteiger partial charge is 0.370 e. The lowest BCUT2D eigenvalue weighted by Gasteiger charge is -2.11. The van der Waals surface area contributed by atoms with Gasteiger partial charge in [-0.2, -0.15) is 5.10 Å². The van der Waals surface area contributed by atoms with E-state index in [2.05, 4.69) is 36.3 Å². The topological polar surface area (TPSA) is 55.6 Å². The molecule has 2 aromatic heterocycles. The lowest BCUT2D eigenvalue weighted by Crippen LogP contribution is -2.10. The fourth-order valence-electron chi connectivity index (χ4n) is 1.59. The average molecular weight is 296 g/mol. The van der Waals surface area contributed by atoms with Crippen molar-refractivity contribution in [1.29, 1.82) is 0 Å². The Morgan fingerprint density at radius 3 is 2.71 bits per heavy atom. The minimum Gasteiger partial charge on any atom is -0.370 e. The second kappa shape index (κ2) is 4.83. The average Bonchev–Trinajstić information content (AvgIpc) is 2.70. The van der Waals surface area contributed by atoms with Crippen molar-refractivity contribution >= 4 is 21.7 Å². The first-order valence-electron chi connectivity index (χ1n) is 5.41. The van der Waals surface area contributed by atoms with E-state index in [0.29, 0.717) is 0 Å². The van der Waals surface area contributed by atoms with Crippen LogP contribution in [-0.4, -0.2) is 26.3 Å².